The Balaban J connectivity index is 1.43. The Labute approximate surface area is 226 Å². The van der Waals surface area contributed by atoms with Crippen molar-refractivity contribution in [1.82, 2.24) is 10.6 Å². The second-order valence-corrected chi connectivity index (χ2v) is 11.7. The third-order valence-electron chi connectivity index (χ3n) is 6.50. The first-order valence-electron chi connectivity index (χ1n) is 13.8. The zero-order valence-electron chi connectivity index (χ0n) is 22.7. The molecule has 0 heterocycles. The molecule has 1 aliphatic rings. The lowest BCUT2D eigenvalue weighted by Gasteiger charge is -2.22. The highest BCUT2D eigenvalue weighted by Gasteiger charge is 2.24. The van der Waals surface area contributed by atoms with E-state index in [-0.39, 0.29) is 24.4 Å². The first-order valence-corrected chi connectivity index (χ1v) is 15.5. The van der Waals surface area contributed by atoms with Crippen LogP contribution in [0.3, 0.4) is 0 Å². The molecule has 1 saturated carbocycles. The van der Waals surface area contributed by atoms with Crippen molar-refractivity contribution in [3.05, 3.63) is 65.2 Å². The van der Waals surface area contributed by atoms with Crippen molar-refractivity contribution in [1.29, 1.82) is 0 Å². The van der Waals surface area contributed by atoms with Gasteiger partial charge in [-0.25, -0.2) is 0 Å². The van der Waals surface area contributed by atoms with Crippen LogP contribution in [0.1, 0.15) is 73.9 Å². The molecule has 0 aromatic heterocycles. The number of anilines is 1. The van der Waals surface area contributed by atoms with Crippen molar-refractivity contribution in [2.45, 2.75) is 71.0 Å². The maximum Gasteiger partial charge on any atom is 0.335 e. The molecule has 1 aliphatic carbocycles. The lowest BCUT2D eigenvalue weighted by molar-refractivity contribution is -0.115. The van der Waals surface area contributed by atoms with Gasteiger partial charge in [-0.15, -0.1) is 0 Å². The summed E-state index contributed by atoms with van der Waals surface area (Å²) >= 11 is 0. The molecule has 2 aromatic carbocycles. The fourth-order valence-electron chi connectivity index (χ4n) is 4.66. The maximum atomic E-state index is 12.7. The van der Waals surface area contributed by atoms with Gasteiger partial charge >= 0.3 is 7.60 Å². The standard InChI is InChI=1S/C29H42N3O5P/c1-3-36-38(35,37-4-2)22-23-14-16-27(17-15-23)32-28(33)21-24-10-8-11-25(20-24)29(34)31-19-9-18-30-26-12-6-5-7-13-26/h8,10-11,14-17,20,26,30H,3-7,9,12-13,18-19,21-22H2,1-2H3,(H,31,34)(H,32,33). The Bertz CT molecular complexity index is 1060. The van der Waals surface area contributed by atoms with E-state index in [9.17, 15) is 14.2 Å². The predicted molar refractivity (Wildman–Crippen MR) is 152 cm³/mol. The second-order valence-electron chi connectivity index (χ2n) is 9.63. The van der Waals surface area contributed by atoms with Crippen LogP contribution in [0.2, 0.25) is 0 Å². The Morgan fingerprint density at radius 1 is 0.921 bits per heavy atom. The Hall–Kier alpha value is -2.51. The molecule has 3 rings (SSSR count). The summed E-state index contributed by atoms with van der Waals surface area (Å²) in [6.45, 7) is 5.71. The second kappa shape index (κ2) is 15.8. The van der Waals surface area contributed by atoms with E-state index in [2.05, 4.69) is 16.0 Å². The molecule has 0 atom stereocenters. The molecule has 2 amide bonds. The minimum atomic E-state index is -3.18. The molecule has 2 aromatic rings. The van der Waals surface area contributed by atoms with Gasteiger partial charge in [0.2, 0.25) is 5.91 Å². The molecule has 38 heavy (non-hydrogen) atoms. The number of carbonyl (C=O) groups excluding carboxylic acids is 2. The number of hydrogen-bond donors (Lipinski definition) is 3. The van der Waals surface area contributed by atoms with Gasteiger partial charge in [0.1, 0.15) is 0 Å². The number of amides is 2. The molecular weight excluding hydrogens is 501 g/mol. The summed E-state index contributed by atoms with van der Waals surface area (Å²) in [6.07, 6.45) is 7.68. The van der Waals surface area contributed by atoms with Crippen molar-refractivity contribution in [2.75, 3.05) is 31.6 Å². The lowest BCUT2D eigenvalue weighted by atomic mass is 9.95. The molecule has 9 heteroatoms. The lowest BCUT2D eigenvalue weighted by Crippen LogP contribution is -2.34. The zero-order valence-corrected chi connectivity index (χ0v) is 23.6. The number of hydrogen-bond acceptors (Lipinski definition) is 6. The van der Waals surface area contributed by atoms with Gasteiger partial charge in [0.25, 0.3) is 5.91 Å². The van der Waals surface area contributed by atoms with Crippen LogP contribution in [0.15, 0.2) is 48.5 Å². The fourth-order valence-corrected chi connectivity index (χ4v) is 6.36. The first-order chi connectivity index (χ1) is 18.4. The first kappa shape index (κ1) is 30.0. The fraction of sp³-hybridized carbons (Fsp3) is 0.517. The molecular formula is C29H42N3O5P. The smallest absolute Gasteiger partial charge is 0.335 e. The van der Waals surface area contributed by atoms with Crippen LogP contribution in [0, 0.1) is 0 Å². The highest BCUT2D eigenvalue weighted by Crippen LogP contribution is 2.51. The average Bonchev–Trinajstić information content (AvgIpc) is 2.90. The van der Waals surface area contributed by atoms with Crippen molar-refractivity contribution in [3.8, 4) is 0 Å². The van der Waals surface area contributed by atoms with E-state index in [0.29, 0.717) is 37.1 Å². The van der Waals surface area contributed by atoms with Crippen molar-refractivity contribution in [3.63, 3.8) is 0 Å². The molecule has 0 spiro atoms. The summed E-state index contributed by atoms with van der Waals surface area (Å²) in [5.41, 5.74) is 2.75. The Kier molecular flexibility index (Phi) is 12.5. The van der Waals surface area contributed by atoms with Gasteiger partial charge in [-0.2, -0.15) is 0 Å². The van der Waals surface area contributed by atoms with Crippen molar-refractivity contribution < 1.29 is 23.2 Å². The van der Waals surface area contributed by atoms with E-state index in [0.717, 1.165) is 24.1 Å². The molecule has 0 bridgehead atoms. The van der Waals surface area contributed by atoms with Crippen molar-refractivity contribution in [2.24, 2.45) is 0 Å². The molecule has 8 nitrogen and oxygen atoms in total. The Morgan fingerprint density at radius 2 is 1.63 bits per heavy atom. The van der Waals surface area contributed by atoms with Gasteiger partial charge in [-0.05, 0) is 75.0 Å². The minimum Gasteiger partial charge on any atom is -0.352 e. The Morgan fingerprint density at radius 3 is 2.32 bits per heavy atom. The van der Waals surface area contributed by atoms with Crippen LogP contribution in [-0.2, 0) is 31.0 Å². The maximum absolute atomic E-state index is 12.7. The summed E-state index contributed by atoms with van der Waals surface area (Å²) < 4.78 is 23.4. The van der Waals surface area contributed by atoms with Crippen LogP contribution in [0.5, 0.6) is 0 Å². The summed E-state index contributed by atoms with van der Waals surface area (Å²) in [6, 6.07) is 14.9. The van der Waals surface area contributed by atoms with Crippen LogP contribution >= 0.6 is 7.60 Å². The van der Waals surface area contributed by atoms with Gasteiger partial charge in [0.05, 0.1) is 25.8 Å². The van der Waals surface area contributed by atoms with Gasteiger partial charge in [0, 0.05) is 23.8 Å². The quantitative estimate of drug-likeness (QED) is 0.197. The average molecular weight is 544 g/mol. The predicted octanol–water partition coefficient (Wildman–Crippen LogP) is 5.68. The molecule has 0 saturated heterocycles. The van der Waals surface area contributed by atoms with Crippen LogP contribution in [-0.4, -0.2) is 44.2 Å². The van der Waals surface area contributed by atoms with Gasteiger partial charge in [-0.1, -0.05) is 43.5 Å². The van der Waals surface area contributed by atoms with Crippen LogP contribution in [0.25, 0.3) is 0 Å². The third kappa shape index (κ3) is 10.3. The summed E-state index contributed by atoms with van der Waals surface area (Å²) in [5.74, 6) is -0.310. The number of rotatable bonds is 15. The van der Waals surface area contributed by atoms with Gasteiger partial charge < -0.3 is 25.0 Å². The highest BCUT2D eigenvalue weighted by molar-refractivity contribution is 7.53. The van der Waals surface area contributed by atoms with E-state index >= 15 is 0 Å². The van der Waals surface area contributed by atoms with Gasteiger partial charge in [0.15, 0.2) is 0 Å². The minimum absolute atomic E-state index is 0.128. The van der Waals surface area contributed by atoms with Crippen molar-refractivity contribution >= 4 is 25.1 Å². The molecule has 1 fully saturated rings. The molecule has 0 radical (unpaired) electrons. The largest absolute Gasteiger partial charge is 0.352 e. The third-order valence-corrected chi connectivity index (χ3v) is 8.55. The SMILES string of the molecule is CCOP(=O)(Cc1ccc(NC(=O)Cc2cccc(C(=O)NCCCNC3CCCCC3)c2)cc1)OCC. The number of carbonyl (C=O) groups is 2. The number of benzene rings is 2. The van der Waals surface area contributed by atoms with Crippen LogP contribution in [0.4, 0.5) is 5.69 Å². The monoisotopic (exact) mass is 543 g/mol. The topological polar surface area (TPSA) is 106 Å². The van der Waals surface area contributed by atoms with E-state index in [1.807, 2.05) is 6.07 Å². The van der Waals surface area contributed by atoms with Gasteiger partial charge in [-0.3, -0.25) is 14.2 Å². The van der Waals surface area contributed by atoms with E-state index in [1.54, 1.807) is 56.3 Å². The number of nitrogens with one attached hydrogen (secondary N) is 3. The summed E-state index contributed by atoms with van der Waals surface area (Å²) in [5, 5.41) is 9.44. The van der Waals surface area contributed by atoms with E-state index in [4.69, 9.17) is 9.05 Å². The van der Waals surface area contributed by atoms with Crippen LogP contribution < -0.4 is 16.0 Å². The van der Waals surface area contributed by atoms with E-state index < -0.39 is 7.60 Å². The summed E-state index contributed by atoms with van der Waals surface area (Å²) in [4.78, 5) is 25.2. The summed E-state index contributed by atoms with van der Waals surface area (Å²) in [7, 11) is -3.18. The molecule has 3 N–H and O–H groups in total. The highest BCUT2D eigenvalue weighted by atomic mass is 31.2. The molecule has 208 valence electrons. The van der Waals surface area contributed by atoms with E-state index in [1.165, 1.54) is 32.1 Å². The zero-order chi connectivity index (χ0) is 27.2. The molecule has 0 unspecified atom stereocenters. The molecule has 0 aliphatic heterocycles. The normalized spacial score (nSPS) is 14.3.